The summed E-state index contributed by atoms with van der Waals surface area (Å²) in [6.07, 6.45) is 2.53. The van der Waals surface area contributed by atoms with Crippen molar-refractivity contribution in [1.82, 2.24) is 10.3 Å². The van der Waals surface area contributed by atoms with Crippen molar-refractivity contribution in [2.24, 2.45) is 0 Å². The van der Waals surface area contributed by atoms with Crippen molar-refractivity contribution in [3.63, 3.8) is 0 Å². The van der Waals surface area contributed by atoms with Gasteiger partial charge in [0, 0.05) is 38.7 Å². The maximum absolute atomic E-state index is 13.8. The first-order valence-corrected chi connectivity index (χ1v) is 9.46. The minimum atomic E-state index is -0.717. The van der Waals surface area contributed by atoms with Crippen molar-refractivity contribution >= 4 is 11.6 Å². The van der Waals surface area contributed by atoms with E-state index in [9.17, 15) is 13.6 Å². The van der Waals surface area contributed by atoms with E-state index in [2.05, 4.69) is 15.2 Å². The number of hydrogen-bond acceptors (Lipinski definition) is 4. The van der Waals surface area contributed by atoms with E-state index in [-0.39, 0.29) is 36.0 Å². The highest BCUT2D eigenvalue weighted by molar-refractivity contribution is 5.76. The van der Waals surface area contributed by atoms with Crippen LogP contribution in [0.5, 0.6) is 0 Å². The van der Waals surface area contributed by atoms with E-state index in [4.69, 9.17) is 4.42 Å². The Balaban J connectivity index is 1.40. The van der Waals surface area contributed by atoms with Crippen LogP contribution in [0.4, 0.5) is 14.5 Å². The van der Waals surface area contributed by atoms with Crippen LogP contribution in [0.3, 0.4) is 0 Å². The summed E-state index contributed by atoms with van der Waals surface area (Å²) in [5, 5.41) is 2.86. The summed E-state index contributed by atoms with van der Waals surface area (Å²) in [5.74, 6) is -1.28. The van der Waals surface area contributed by atoms with Gasteiger partial charge < -0.3 is 14.6 Å². The fourth-order valence-corrected chi connectivity index (χ4v) is 2.94. The van der Waals surface area contributed by atoms with Crippen LogP contribution >= 0.6 is 0 Å². The van der Waals surface area contributed by atoms with Crippen LogP contribution < -0.4 is 10.2 Å². The summed E-state index contributed by atoms with van der Waals surface area (Å²) in [5.41, 5.74) is 0.878. The number of aromatic nitrogens is 1. The number of para-hydroxylation sites is 1. The van der Waals surface area contributed by atoms with Gasteiger partial charge in [-0.1, -0.05) is 24.3 Å². The molecule has 0 spiro atoms. The van der Waals surface area contributed by atoms with E-state index in [0.29, 0.717) is 6.54 Å². The summed E-state index contributed by atoms with van der Waals surface area (Å²) in [6, 6.07) is 13.6. The van der Waals surface area contributed by atoms with Crippen LogP contribution in [0.1, 0.15) is 18.7 Å². The Morgan fingerprint density at radius 1 is 1.10 bits per heavy atom. The molecule has 0 atom stereocenters. The van der Waals surface area contributed by atoms with Crippen LogP contribution in [-0.4, -0.2) is 31.0 Å². The monoisotopic (exact) mass is 399 g/mol. The zero-order valence-corrected chi connectivity index (χ0v) is 16.2. The minimum Gasteiger partial charge on any atom is -0.441 e. The Bertz CT molecular complexity index is 924. The molecule has 0 aliphatic heterocycles. The molecule has 2 aromatic carbocycles. The lowest BCUT2D eigenvalue weighted by Gasteiger charge is -2.19. The summed E-state index contributed by atoms with van der Waals surface area (Å²) >= 11 is 0. The van der Waals surface area contributed by atoms with Crippen molar-refractivity contribution < 1.29 is 18.0 Å². The largest absolute Gasteiger partial charge is 0.441 e. The summed E-state index contributed by atoms with van der Waals surface area (Å²) in [4.78, 5) is 18.1. The SMILES string of the molecule is CN(CCCNC(=O)CCc1ncc(-c2c(F)cccc2F)o1)c1ccccc1. The van der Waals surface area contributed by atoms with Crippen LogP contribution in [-0.2, 0) is 11.2 Å². The van der Waals surface area contributed by atoms with Gasteiger partial charge in [0.05, 0.1) is 11.8 Å². The van der Waals surface area contributed by atoms with Crippen LogP contribution in [0.25, 0.3) is 11.3 Å². The number of halogens is 2. The third-order valence-corrected chi connectivity index (χ3v) is 4.52. The smallest absolute Gasteiger partial charge is 0.220 e. The molecule has 0 fully saturated rings. The van der Waals surface area contributed by atoms with E-state index >= 15 is 0 Å². The van der Waals surface area contributed by atoms with E-state index < -0.39 is 11.6 Å². The second-order valence-corrected chi connectivity index (χ2v) is 6.68. The van der Waals surface area contributed by atoms with Crippen molar-refractivity contribution in [2.75, 3.05) is 25.0 Å². The van der Waals surface area contributed by atoms with Crippen molar-refractivity contribution in [1.29, 1.82) is 0 Å². The van der Waals surface area contributed by atoms with Gasteiger partial charge in [0.1, 0.15) is 11.6 Å². The van der Waals surface area contributed by atoms with Gasteiger partial charge in [0.25, 0.3) is 0 Å². The fraction of sp³-hybridized carbons (Fsp3) is 0.273. The van der Waals surface area contributed by atoms with Crippen molar-refractivity contribution in [3.8, 4) is 11.3 Å². The van der Waals surface area contributed by atoms with Gasteiger partial charge in [0.15, 0.2) is 11.7 Å². The molecule has 0 radical (unpaired) electrons. The van der Waals surface area contributed by atoms with E-state index in [1.54, 1.807) is 0 Å². The van der Waals surface area contributed by atoms with Gasteiger partial charge >= 0.3 is 0 Å². The zero-order chi connectivity index (χ0) is 20.6. The van der Waals surface area contributed by atoms with Gasteiger partial charge in [-0.05, 0) is 30.7 Å². The number of aryl methyl sites for hydroxylation is 1. The van der Waals surface area contributed by atoms with Gasteiger partial charge in [-0.3, -0.25) is 4.79 Å². The second-order valence-electron chi connectivity index (χ2n) is 6.68. The van der Waals surface area contributed by atoms with Gasteiger partial charge in [-0.15, -0.1) is 0 Å². The Kier molecular flexibility index (Phi) is 6.94. The molecule has 7 heteroatoms. The third kappa shape index (κ3) is 5.63. The molecule has 1 amide bonds. The van der Waals surface area contributed by atoms with Gasteiger partial charge in [-0.25, -0.2) is 13.8 Å². The second kappa shape index (κ2) is 9.82. The highest BCUT2D eigenvalue weighted by atomic mass is 19.1. The molecule has 1 heterocycles. The number of hydrogen-bond donors (Lipinski definition) is 1. The summed E-state index contributed by atoms with van der Waals surface area (Å²) < 4.78 is 33.0. The third-order valence-electron chi connectivity index (χ3n) is 4.52. The molecule has 3 aromatic rings. The number of carbonyl (C=O) groups excluding carboxylic acids is 1. The van der Waals surface area contributed by atoms with E-state index in [1.807, 2.05) is 37.4 Å². The maximum Gasteiger partial charge on any atom is 0.220 e. The van der Waals surface area contributed by atoms with Crippen molar-refractivity contribution in [2.45, 2.75) is 19.3 Å². The number of oxazole rings is 1. The minimum absolute atomic E-state index is 0.0138. The lowest BCUT2D eigenvalue weighted by Crippen LogP contribution is -2.28. The summed E-state index contributed by atoms with van der Waals surface area (Å²) in [6.45, 7) is 1.38. The molecule has 1 aromatic heterocycles. The molecule has 0 saturated carbocycles. The Labute approximate surface area is 168 Å². The lowest BCUT2D eigenvalue weighted by molar-refractivity contribution is -0.121. The number of rotatable bonds is 9. The first-order valence-electron chi connectivity index (χ1n) is 9.46. The number of nitrogens with zero attached hydrogens (tertiary/aromatic N) is 2. The topological polar surface area (TPSA) is 58.4 Å². The number of anilines is 1. The molecule has 0 saturated heterocycles. The molecule has 3 rings (SSSR count). The average Bonchev–Trinajstić information content (AvgIpc) is 3.18. The molecular weight excluding hydrogens is 376 g/mol. The molecular formula is C22H23F2N3O2. The molecule has 1 N–H and O–H groups in total. The molecule has 29 heavy (non-hydrogen) atoms. The number of carbonyl (C=O) groups is 1. The van der Waals surface area contributed by atoms with E-state index in [1.165, 1.54) is 12.3 Å². The average molecular weight is 399 g/mol. The van der Waals surface area contributed by atoms with Gasteiger partial charge in [-0.2, -0.15) is 0 Å². The Morgan fingerprint density at radius 3 is 2.55 bits per heavy atom. The number of amides is 1. The van der Waals surface area contributed by atoms with E-state index in [0.717, 1.165) is 30.8 Å². The quantitative estimate of drug-likeness (QED) is 0.548. The highest BCUT2D eigenvalue weighted by Gasteiger charge is 2.16. The molecule has 0 bridgehead atoms. The van der Waals surface area contributed by atoms with Crippen LogP contribution in [0, 0.1) is 11.6 Å². The molecule has 0 aliphatic rings. The fourth-order valence-electron chi connectivity index (χ4n) is 2.94. The maximum atomic E-state index is 13.8. The molecule has 5 nitrogen and oxygen atoms in total. The number of benzene rings is 2. The Hall–Kier alpha value is -3.22. The predicted molar refractivity (Wildman–Crippen MR) is 108 cm³/mol. The van der Waals surface area contributed by atoms with Crippen LogP contribution in [0.15, 0.2) is 59.1 Å². The first kappa shape index (κ1) is 20.5. The zero-order valence-electron chi connectivity index (χ0n) is 16.2. The normalized spacial score (nSPS) is 10.7. The molecule has 152 valence electrons. The standard InChI is InChI=1S/C22H23F2N3O2/c1-27(16-7-3-2-4-8-16)14-6-13-25-20(28)11-12-21-26-15-19(29-21)22-17(23)9-5-10-18(22)24/h2-5,7-10,15H,6,11-14H2,1H3,(H,25,28). The van der Waals surface area contributed by atoms with Crippen LogP contribution in [0.2, 0.25) is 0 Å². The predicted octanol–water partition coefficient (Wildman–Crippen LogP) is 4.20. The number of nitrogens with one attached hydrogen (secondary N) is 1. The highest BCUT2D eigenvalue weighted by Crippen LogP contribution is 2.26. The van der Waals surface area contributed by atoms with Gasteiger partial charge in [0.2, 0.25) is 5.91 Å². The molecule has 0 aliphatic carbocycles. The Morgan fingerprint density at radius 2 is 1.83 bits per heavy atom. The van der Waals surface area contributed by atoms with Crippen molar-refractivity contribution in [3.05, 3.63) is 72.3 Å². The summed E-state index contributed by atoms with van der Waals surface area (Å²) in [7, 11) is 2.01. The lowest BCUT2D eigenvalue weighted by atomic mass is 10.1. The molecule has 0 unspecified atom stereocenters. The first-order chi connectivity index (χ1) is 14.0.